The van der Waals surface area contributed by atoms with Gasteiger partial charge in [0, 0.05) is 6.20 Å². The summed E-state index contributed by atoms with van der Waals surface area (Å²) >= 11 is 0. The molecule has 0 fully saturated rings. The first-order chi connectivity index (χ1) is 7.17. The molecule has 0 spiro atoms. The van der Waals surface area contributed by atoms with Crippen LogP contribution in [0.2, 0.25) is 0 Å². The molecule has 0 saturated heterocycles. The van der Waals surface area contributed by atoms with Crippen molar-refractivity contribution in [2.45, 2.75) is 26.8 Å². The average Bonchev–Trinajstić information content (AvgIpc) is 2.48. The average molecular weight is 211 g/mol. The highest BCUT2D eigenvalue weighted by molar-refractivity contribution is 5.69. The van der Waals surface area contributed by atoms with Crippen molar-refractivity contribution in [2.75, 3.05) is 13.2 Å². The molecule has 5 nitrogen and oxygen atoms in total. The van der Waals surface area contributed by atoms with Crippen molar-refractivity contribution in [3.05, 3.63) is 17.5 Å². The first-order valence-electron chi connectivity index (χ1n) is 5.06. The lowest BCUT2D eigenvalue weighted by molar-refractivity contribution is -0.144. The summed E-state index contributed by atoms with van der Waals surface area (Å²) in [4.78, 5) is 11.2. The van der Waals surface area contributed by atoms with Crippen LogP contribution in [0.5, 0.6) is 0 Å². The molecule has 0 aromatic carbocycles. The van der Waals surface area contributed by atoms with Gasteiger partial charge in [0.2, 0.25) is 0 Å². The van der Waals surface area contributed by atoms with Crippen molar-refractivity contribution in [3.8, 4) is 0 Å². The number of aromatic nitrogens is 2. The molecule has 0 atom stereocenters. The molecule has 0 saturated carbocycles. The van der Waals surface area contributed by atoms with Crippen LogP contribution in [0.15, 0.2) is 6.20 Å². The molecular formula is C10H17N3O2. The fourth-order valence-corrected chi connectivity index (χ4v) is 1.38. The second-order valence-corrected chi connectivity index (χ2v) is 3.28. The van der Waals surface area contributed by atoms with E-state index in [1.807, 2.05) is 13.1 Å². The van der Waals surface area contributed by atoms with Crippen molar-refractivity contribution in [3.63, 3.8) is 0 Å². The maximum absolute atomic E-state index is 11.2. The maximum atomic E-state index is 11.2. The van der Waals surface area contributed by atoms with Crippen LogP contribution in [0.3, 0.4) is 0 Å². The summed E-state index contributed by atoms with van der Waals surface area (Å²) in [5.41, 5.74) is 7.47. The van der Waals surface area contributed by atoms with E-state index in [0.29, 0.717) is 13.2 Å². The molecule has 1 heterocycles. The van der Waals surface area contributed by atoms with Gasteiger partial charge in [-0.15, -0.1) is 0 Å². The smallest absolute Gasteiger partial charge is 0.327 e. The van der Waals surface area contributed by atoms with E-state index in [4.69, 9.17) is 10.5 Å². The van der Waals surface area contributed by atoms with Crippen molar-refractivity contribution in [2.24, 2.45) is 5.73 Å². The Kier molecular flexibility index (Phi) is 4.30. The summed E-state index contributed by atoms with van der Waals surface area (Å²) in [6.07, 6.45) is 2.63. The Bertz CT molecular complexity index is 333. The van der Waals surface area contributed by atoms with Gasteiger partial charge in [0.15, 0.2) is 0 Å². The second kappa shape index (κ2) is 5.50. The fourth-order valence-electron chi connectivity index (χ4n) is 1.38. The summed E-state index contributed by atoms with van der Waals surface area (Å²) in [6.45, 7) is 4.85. The summed E-state index contributed by atoms with van der Waals surface area (Å²) in [6, 6.07) is 0. The predicted octanol–water partition coefficient (Wildman–Crippen LogP) is 0.256. The van der Waals surface area contributed by atoms with Crippen molar-refractivity contribution in [1.29, 1.82) is 0 Å². The molecule has 0 aliphatic carbocycles. The molecule has 1 aromatic heterocycles. The molecule has 2 N–H and O–H groups in total. The second-order valence-electron chi connectivity index (χ2n) is 3.28. The lowest BCUT2D eigenvalue weighted by Crippen LogP contribution is -2.13. The third-order valence-corrected chi connectivity index (χ3v) is 2.06. The van der Waals surface area contributed by atoms with Crippen LogP contribution in [0.1, 0.15) is 18.2 Å². The third kappa shape index (κ3) is 3.36. The standard InChI is InChI=1S/C10H17N3O2/c1-3-15-10(14)7-13-6-9(4-5-11)8(2)12-13/h6H,3-5,7,11H2,1-2H3. The van der Waals surface area contributed by atoms with Gasteiger partial charge in [0.05, 0.1) is 12.3 Å². The summed E-state index contributed by atoms with van der Waals surface area (Å²) in [7, 11) is 0. The van der Waals surface area contributed by atoms with Gasteiger partial charge in [-0.3, -0.25) is 9.48 Å². The van der Waals surface area contributed by atoms with Gasteiger partial charge in [-0.1, -0.05) is 0 Å². The number of rotatable bonds is 5. The predicted molar refractivity (Wildman–Crippen MR) is 56.4 cm³/mol. The Morgan fingerprint density at radius 2 is 2.40 bits per heavy atom. The summed E-state index contributed by atoms with van der Waals surface area (Å²) < 4.78 is 6.43. The number of ether oxygens (including phenoxy) is 1. The van der Waals surface area contributed by atoms with Crippen molar-refractivity contribution < 1.29 is 9.53 Å². The van der Waals surface area contributed by atoms with Gasteiger partial charge in [-0.05, 0) is 32.4 Å². The zero-order valence-corrected chi connectivity index (χ0v) is 9.19. The molecule has 15 heavy (non-hydrogen) atoms. The van der Waals surface area contributed by atoms with Crippen molar-refractivity contribution in [1.82, 2.24) is 9.78 Å². The Hall–Kier alpha value is -1.36. The molecular weight excluding hydrogens is 194 g/mol. The highest BCUT2D eigenvalue weighted by Gasteiger charge is 2.07. The van der Waals surface area contributed by atoms with Gasteiger partial charge in [0.25, 0.3) is 0 Å². The minimum atomic E-state index is -0.265. The van der Waals surface area contributed by atoms with E-state index in [2.05, 4.69) is 5.10 Å². The van der Waals surface area contributed by atoms with E-state index in [1.54, 1.807) is 11.6 Å². The van der Waals surface area contributed by atoms with E-state index in [1.165, 1.54) is 0 Å². The Morgan fingerprint density at radius 1 is 1.67 bits per heavy atom. The monoisotopic (exact) mass is 211 g/mol. The number of nitrogens with zero attached hydrogens (tertiary/aromatic N) is 2. The van der Waals surface area contributed by atoms with Crippen LogP contribution in [-0.2, 0) is 22.5 Å². The molecule has 0 aliphatic rings. The third-order valence-electron chi connectivity index (χ3n) is 2.06. The van der Waals surface area contributed by atoms with Crippen LogP contribution in [0, 0.1) is 6.92 Å². The number of nitrogens with two attached hydrogens (primary N) is 1. The minimum Gasteiger partial charge on any atom is -0.465 e. The van der Waals surface area contributed by atoms with Gasteiger partial charge >= 0.3 is 5.97 Å². The van der Waals surface area contributed by atoms with E-state index >= 15 is 0 Å². The zero-order valence-electron chi connectivity index (χ0n) is 9.19. The largest absolute Gasteiger partial charge is 0.465 e. The number of carbonyl (C=O) groups is 1. The topological polar surface area (TPSA) is 70.1 Å². The van der Waals surface area contributed by atoms with E-state index in [0.717, 1.165) is 17.7 Å². The maximum Gasteiger partial charge on any atom is 0.327 e. The lowest BCUT2D eigenvalue weighted by atomic mass is 10.2. The number of carbonyl (C=O) groups excluding carboxylic acids is 1. The highest BCUT2D eigenvalue weighted by Crippen LogP contribution is 2.05. The zero-order chi connectivity index (χ0) is 11.3. The molecule has 84 valence electrons. The van der Waals surface area contributed by atoms with Gasteiger partial charge in [-0.25, -0.2) is 0 Å². The van der Waals surface area contributed by atoms with E-state index in [9.17, 15) is 4.79 Å². The molecule has 1 rings (SSSR count). The molecule has 5 heteroatoms. The Labute approximate surface area is 89.2 Å². The number of hydrogen-bond acceptors (Lipinski definition) is 4. The van der Waals surface area contributed by atoms with Crippen LogP contribution in [0.4, 0.5) is 0 Å². The minimum absolute atomic E-state index is 0.166. The number of aryl methyl sites for hydroxylation is 1. The first-order valence-corrected chi connectivity index (χ1v) is 5.06. The molecule has 0 unspecified atom stereocenters. The van der Waals surface area contributed by atoms with E-state index in [-0.39, 0.29) is 12.5 Å². The van der Waals surface area contributed by atoms with Crippen molar-refractivity contribution >= 4 is 5.97 Å². The molecule has 0 aliphatic heterocycles. The quantitative estimate of drug-likeness (QED) is 0.709. The molecule has 0 amide bonds. The van der Waals surface area contributed by atoms with Gasteiger partial charge < -0.3 is 10.5 Å². The molecule has 0 bridgehead atoms. The number of esters is 1. The van der Waals surface area contributed by atoms with Crippen LogP contribution in [0.25, 0.3) is 0 Å². The Morgan fingerprint density at radius 3 is 3.00 bits per heavy atom. The van der Waals surface area contributed by atoms with Gasteiger partial charge in [0.1, 0.15) is 6.54 Å². The lowest BCUT2D eigenvalue weighted by Gasteiger charge is -2.00. The van der Waals surface area contributed by atoms with Gasteiger partial charge in [-0.2, -0.15) is 5.10 Å². The van der Waals surface area contributed by atoms with Crippen LogP contribution < -0.4 is 5.73 Å². The molecule has 1 aromatic rings. The number of hydrogen-bond donors (Lipinski definition) is 1. The van der Waals surface area contributed by atoms with Crippen LogP contribution >= 0.6 is 0 Å². The summed E-state index contributed by atoms with van der Waals surface area (Å²) in [5.74, 6) is -0.265. The first kappa shape index (κ1) is 11.7. The Balaban J connectivity index is 2.62. The SMILES string of the molecule is CCOC(=O)Cn1cc(CCN)c(C)n1. The van der Waals surface area contributed by atoms with Crippen LogP contribution in [-0.4, -0.2) is 28.9 Å². The highest BCUT2D eigenvalue weighted by atomic mass is 16.5. The summed E-state index contributed by atoms with van der Waals surface area (Å²) in [5, 5.41) is 4.21. The fraction of sp³-hybridized carbons (Fsp3) is 0.600. The molecule has 0 radical (unpaired) electrons. The van der Waals surface area contributed by atoms with E-state index < -0.39 is 0 Å². The normalized spacial score (nSPS) is 10.3.